The fraction of sp³-hybridized carbons (Fsp3) is 0.700. The van der Waals surface area contributed by atoms with E-state index < -0.39 is 0 Å². The Labute approximate surface area is 68.5 Å². The molecule has 1 aliphatic rings. The van der Waals surface area contributed by atoms with Gasteiger partial charge in [-0.2, -0.15) is 0 Å². The van der Waals surface area contributed by atoms with Gasteiger partial charge in [-0.1, -0.05) is 25.8 Å². The van der Waals surface area contributed by atoms with Crippen LogP contribution in [-0.4, -0.2) is 5.78 Å². The molecule has 0 radical (unpaired) electrons. The number of hydrogen-bond donors (Lipinski definition) is 0. The molecule has 1 rings (SSSR count). The van der Waals surface area contributed by atoms with E-state index in [4.69, 9.17) is 0 Å². The van der Waals surface area contributed by atoms with Crippen molar-refractivity contribution in [2.24, 2.45) is 5.92 Å². The van der Waals surface area contributed by atoms with Gasteiger partial charge in [-0.25, -0.2) is 0 Å². The smallest absolute Gasteiger partial charge is 0.155 e. The molecular weight excluding hydrogens is 136 g/mol. The minimum Gasteiger partial charge on any atom is -0.295 e. The van der Waals surface area contributed by atoms with Crippen LogP contribution in [0.1, 0.15) is 39.0 Å². The van der Waals surface area contributed by atoms with Crippen molar-refractivity contribution >= 4 is 5.78 Å². The summed E-state index contributed by atoms with van der Waals surface area (Å²) in [6.45, 7) is 5.45. The van der Waals surface area contributed by atoms with E-state index in [1.54, 1.807) is 6.92 Å². The van der Waals surface area contributed by atoms with Gasteiger partial charge in [-0.15, -0.1) is 0 Å². The van der Waals surface area contributed by atoms with Gasteiger partial charge in [-0.05, 0) is 31.3 Å². The molecule has 1 nitrogen and oxygen atoms in total. The topological polar surface area (TPSA) is 17.1 Å². The molecule has 1 saturated carbocycles. The molecule has 0 saturated heterocycles. The van der Waals surface area contributed by atoms with Crippen LogP contribution in [0.25, 0.3) is 0 Å². The fourth-order valence-corrected chi connectivity index (χ4v) is 1.74. The molecule has 62 valence electrons. The molecule has 0 atom stereocenters. The molecule has 1 fully saturated rings. The zero-order valence-corrected chi connectivity index (χ0v) is 7.23. The monoisotopic (exact) mass is 152 g/mol. The lowest BCUT2D eigenvalue weighted by Crippen LogP contribution is -2.12. The van der Waals surface area contributed by atoms with E-state index in [0.717, 1.165) is 5.57 Å². The van der Waals surface area contributed by atoms with Gasteiger partial charge >= 0.3 is 0 Å². The number of ketones is 1. The third-order valence-electron chi connectivity index (χ3n) is 2.55. The minimum atomic E-state index is 0.178. The van der Waals surface area contributed by atoms with Crippen LogP contribution in [0.5, 0.6) is 0 Å². The van der Waals surface area contributed by atoms with Crippen molar-refractivity contribution in [3.63, 3.8) is 0 Å². The van der Waals surface area contributed by atoms with Crippen molar-refractivity contribution in [3.05, 3.63) is 12.2 Å². The summed E-state index contributed by atoms with van der Waals surface area (Å²) in [4.78, 5) is 10.9. The van der Waals surface area contributed by atoms with Gasteiger partial charge < -0.3 is 0 Å². The Morgan fingerprint density at radius 3 is 2.27 bits per heavy atom. The number of carbonyl (C=O) groups is 1. The maximum Gasteiger partial charge on any atom is 0.155 e. The highest BCUT2D eigenvalue weighted by Gasteiger charge is 2.18. The molecule has 0 bridgehead atoms. The number of carbonyl (C=O) groups excluding carboxylic acids is 1. The molecule has 11 heavy (non-hydrogen) atoms. The summed E-state index contributed by atoms with van der Waals surface area (Å²) >= 11 is 0. The molecule has 0 aromatic heterocycles. The lowest BCUT2D eigenvalue weighted by Gasteiger charge is -2.21. The maximum atomic E-state index is 10.9. The van der Waals surface area contributed by atoms with Crippen LogP contribution >= 0.6 is 0 Å². The summed E-state index contributed by atoms with van der Waals surface area (Å²) in [7, 11) is 0. The third-order valence-corrected chi connectivity index (χ3v) is 2.55. The SMILES string of the molecule is C=C(C(C)=O)C1CCCCC1. The molecular formula is C10H16O. The molecule has 0 aromatic rings. The standard InChI is InChI=1S/C10H16O/c1-8(9(2)11)10-6-4-3-5-7-10/h10H,1,3-7H2,2H3. The van der Waals surface area contributed by atoms with Gasteiger partial charge in [0.25, 0.3) is 0 Å². The molecule has 1 aliphatic carbocycles. The highest BCUT2D eigenvalue weighted by atomic mass is 16.1. The van der Waals surface area contributed by atoms with Crippen molar-refractivity contribution in [2.75, 3.05) is 0 Å². The molecule has 0 amide bonds. The van der Waals surface area contributed by atoms with E-state index in [1.807, 2.05) is 0 Å². The van der Waals surface area contributed by atoms with Crippen LogP contribution in [-0.2, 0) is 4.79 Å². The number of Topliss-reactive ketones (excluding diaryl/α,β-unsaturated/α-hetero) is 1. The average molecular weight is 152 g/mol. The molecule has 0 N–H and O–H groups in total. The summed E-state index contributed by atoms with van der Waals surface area (Å²) in [6.07, 6.45) is 6.24. The van der Waals surface area contributed by atoms with E-state index in [1.165, 1.54) is 32.1 Å². The molecule has 0 aromatic carbocycles. The second kappa shape index (κ2) is 3.70. The minimum absolute atomic E-state index is 0.178. The first-order valence-electron chi connectivity index (χ1n) is 4.41. The summed E-state index contributed by atoms with van der Waals surface area (Å²) in [5, 5.41) is 0. The molecule has 1 heteroatoms. The maximum absolute atomic E-state index is 10.9. The van der Waals surface area contributed by atoms with Crippen molar-refractivity contribution in [1.82, 2.24) is 0 Å². The average Bonchev–Trinajstić information content (AvgIpc) is 2.05. The Morgan fingerprint density at radius 1 is 1.27 bits per heavy atom. The largest absolute Gasteiger partial charge is 0.295 e. The zero-order chi connectivity index (χ0) is 8.27. The first-order valence-corrected chi connectivity index (χ1v) is 4.41. The Kier molecular flexibility index (Phi) is 2.86. The van der Waals surface area contributed by atoms with Crippen LogP contribution in [0, 0.1) is 5.92 Å². The first-order chi connectivity index (χ1) is 5.22. The Bertz CT molecular complexity index is 164. The summed E-state index contributed by atoms with van der Waals surface area (Å²) in [5.74, 6) is 0.679. The fourth-order valence-electron chi connectivity index (χ4n) is 1.74. The summed E-state index contributed by atoms with van der Waals surface area (Å²) in [6, 6.07) is 0. The van der Waals surface area contributed by atoms with Crippen LogP contribution in [0.4, 0.5) is 0 Å². The van der Waals surface area contributed by atoms with Gasteiger partial charge in [0, 0.05) is 0 Å². The van der Waals surface area contributed by atoms with Crippen LogP contribution in [0.2, 0.25) is 0 Å². The van der Waals surface area contributed by atoms with E-state index in [-0.39, 0.29) is 5.78 Å². The van der Waals surface area contributed by atoms with Crippen LogP contribution in [0.3, 0.4) is 0 Å². The van der Waals surface area contributed by atoms with Gasteiger partial charge in [0.2, 0.25) is 0 Å². The highest BCUT2D eigenvalue weighted by molar-refractivity contribution is 5.93. The number of allylic oxidation sites excluding steroid dienone is 1. The Balaban J connectivity index is 2.45. The number of hydrogen-bond acceptors (Lipinski definition) is 1. The van der Waals surface area contributed by atoms with E-state index in [2.05, 4.69) is 6.58 Å². The van der Waals surface area contributed by atoms with Gasteiger partial charge in [0.05, 0.1) is 0 Å². The molecule has 0 spiro atoms. The van der Waals surface area contributed by atoms with Crippen molar-refractivity contribution in [1.29, 1.82) is 0 Å². The number of rotatable bonds is 2. The predicted octanol–water partition coefficient (Wildman–Crippen LogP) is 2.71. The summed E-state index contributed by atoms with van der Waals surface area (Å²) in [5.41, 5.74) is 0.852. The molecule has 0 unspecified atom stereocenters. The Morgan fingerprint density at radius 2 is 1.82 bits per heavy atom. The van der Waals surface area contributed by atoms with Gasteiger partial charge in [-0.3, -0.25) is 4.79 Å². The molecule has 0 heterocycles. The van der Waals surface area contributed by atoms with Gasteiger partial charge in [0.1, 0.15) is 0 Å². The van der Waals surface area contributed by atoms with Crippen LogP contribution in [0.15, 0.2) is 12.2 Å². The quantitative estimate of drug-likeness (QED) is 0.556. The van der Waals surface area contributed by atoms with Gasteiger partial charge in [0.15, 0.2) is 5.78 Å². The lowest BCUT2D eigenvalue weighted by molar-refractivity contribution is -0.114. The lowest BCUT2D eigenvalue weighted by atomic mass is 9.83. The third kappa shape index (κ3) is 2.18. The summed E-state index contributed by atoms with van der Waals surface area (Å²) < 4.78 is 0. The van der Waals surface area contributed by atoms with E-state index in [9.17, 15) is 4.79 Å². The second-order valence-corrected chi connectivity index (χ2v) is 3.42. The predicted molar refractivity (Wildman–Crippen MR) is 46.4 cm³/mol. The van der Waals surface area contributed by atoms with E-state index >= 15 is 0 Å². The van der Waals surface area contributed by atoms with Crippen molar-refractivity contribution in [2.45, 2.75) is 39.0 Å². The zero-order valence-electron chi connectivity index (χ0n) is 7.23. The first kappa shape index (κ1) is 8.51. The highest BCUT2D eigenvalue weighted by Crippen LogP contribution is 2.28. The van der Waals surface area contributed by atoms with Crippen molar-refractivity contribution in [3.8, 4) is 0 Å². The molecule has 0 aliphatic heterocycles. The normalized spacial score (nSPS) is 19.7. The second-order valence-electron chi connectivity index (χ2n) is 3.42. The van der Waals surface area contributed by atoms with E-state index in [0.29, 0.717) is 5.92 Å². The van der Waals surface area contributed by atoms with Crippen molar-refractivity contribution < 1.29 is 4.79 Å². The Hall–Kier alpha value is -0.590. The van der Waals surface area contributed by atoms with Crippen LogP contribution < -0.4 is 0 Å².